The summed E-state index contributed by atoms with van der Waals surface area (Å²) in [6.45, 7) is 4.13. The lowest BCUT2D eigenvalue weighted by Crippen LogP contribution is -2.32. The van der Waals surface area contributed by atoms with Crippen LogP contribution in [0, 0.1) is 0 Å². The Kier molecular flexibility index (Phi) is 6.89. The van der Waals surface area contributed by atoms with Gasteiger partial charge in [-0.05, 0) is 52.4 Å². The van der Waals surface area contributed by atoms with Crippen molar-refractivity contribution in [3.05, 3.63) is 98.2 Å². The van der Waals surface area contributed by atoms with Gasteiger partial charge >= 0.3 is 0 Å². The van der Waals surface area contributed by atoms with E-state index in [1.807, 2.05) is 41.1 Å². The molecule has 1 atom stereocenters. The van der Waals surface area contributed by atoms with Crippen molar-refractivity contribution in [3.8, 4) is 11.5 Å². The van der Waals surface area contributed by atoms with Crippen LogP contribution in [0.4, 0.5) is 0 Å². The van der Waals surface area contributed by atoms with Crippen LogP contribution in [-0.2, 0) is 26.1 Å². The number of hydrogen-bond acceptors (Lipinski definition) is 8. The number of benzene rings is 2. The third-order valence-corrected chi connectivity index (χ3v) is 7.73. The van der Waals surface area contributed by atoms with Gasteiger partial charge in [-0.3, -0.25) is 9.69 Å². The van der Waals surface area contributed by atoms with Crippen LogP contribution in [-0.4, -0.2) is 36.9 Å². The van der Waals surface area contributed by atoms with Crippen LogP contribution in [0.5, 0.6) is 11.5 Å². The monoisotopic (exact) mass is 528 g/mol. The normalized spacial score (nSPS) is 13.4. The van der Waals surface area contributed by atoms with Crippen molar-refractivity contribution in [2.75, 3.05) is 6.79 Å². The Morgan fingerprint density at radius 3 is 2.71 bits per heavy atom. The smallest absolute Gasteiger partial charge is 0.252 e. The van der Waals surface area contributed by atoms with Crippen molar-refractivity contribution in [3.63, 3.8) is 0 Å². The summed E-state index contributed by atoms with van der Waals surface area (Å²) < 4.78 is 12.9. The van der Waals surface area contributed by atoms with Gasteiger partial charge in [-0.2, -0.15) is 0 Å². The molecule has 0 amide bonds. The molecule has 1 aliphatic rings. The molecule has 9 nitrogen and oxygen atoms in total. The molecule has 0 saturated heterocycles. The maximum atomic E-state index is 13.2. The quantitative estimate of drug-likeness (QED) is 0.281. The minimum absolute atomic E-state index is 0.0743. The van der Waals surface area contributed by atoms with E-state index in [1.165, 1.54) is 10.4 Å². The summed E-state index contributed by atoms with van der Waals surface area (Å²) in [5.41, 5.74) is 2.52. The highest BCUT2D eigenvalue weighted by molar-refractivity contribution is 7.09. The number of hydrogen-bond donors (Lipinski definition) is 1. The lowest BCUT2D eigenvalue weighted by atomic mass is 10.1. The number of ether oxygens (including phenoxy) is 2. The number of fused-ring (bicyclic) bond motifs is 2. The first-order valence-corrected chi connectivity index (χ1v) is 13.6. The third kappa shape index (κ3) is 5.05. The van der Waals surface area contributed by atoms with Crippen LogP contribution in [0.2, 0.25) is 0 Å². The number of nitrogens with zero attached hydrogens (tertiary/aromatic N) is 5. The van der Waals surface area contributed by atoms with Crippen LogP contribution in [0.25, 0.3) is 10.9 Å². The fraction of sp³-hybridized carbons (Fsp3) is 0.286. The van der Waals surface area contributed by atoms with Gasteiger partial charge in [-0.15, -0.1) is 16.4 Å². The average molecular weight is 529 g/mol. The Bertz CT molecular complexity index is 1580. The highest BCUT2D eigenvalue weighted by atomic mass is 32.1. The van der Waals surface area contributed by atoms with Gasteiger partial charge in [0.15, 0.2) is 17.3 Å². The van der Waals surface area contributed by atoms with Crippen LogP contribution < -0.4 is 15.0 Å². The van der Waals surface area contributed by atoms with E-state index in [2.05, 4.69) is 62.0 Å². The molecule has 0 bridgehead atoms. The van der Waals surface area contributed by atoms with Gasteiger partial charge in [0.05, 0.1) is 11.6 Å². The highest BCUT2D eigenvalue weighted by Crippen LogP contribution is 2.35. The summed E-state index contributed by atoms with van der Waals surface area (Å²) in [7, 11) is 0. The van der Waals surface area contributed by atoms with E-state index >= 15 is 0 Å². The Morgan fingerprint density at radius 1 is 1.08 bits per heavy atom. The molecule has 5 aromatic rings. The summed E-state index contributed by atoms with van der Waals surface area (Å²) in [6, 6.07) is 20.1. The molecule has 3 aromatic heterocycles. The van der Waals surface area contributed by atoms with E-state index in [4.69, 9.17) is 9.47 Å². The lowest BCUT2D eigenvalue weighted by Gasteiger charge is -2.30. The predicted molar refractivity (Wildman–Crippen MR) is 145 cm³/mol. The largest absolute Gasteiger partial charge is 0.454 e. The molecular weight excluding hydrogens is 500 g/mol. The number of aryl methyl sites for hydroxylation is 2. The molecule has 10 heteroatoms. The molecule has 0 fully saturated rings. The first-order chi connectivity index (χ1) is 18.7. The number of aromatic amines is 1. The van der Waals surface area contributed by atoms with Crippen molar-refractivity contribution in [1.29, 1.82) is 0 Å². The summed E-state index contributed by atoms with van der Waals surface area (Å²) in [6.07, 6.45) is 1.63. The van der Waals surface area contributed by atoms with E-state index in [0.717, 1.165) is 29.6 Å². The summed E-state index contributed by atoms with van der Waals surface area (Å²) in [4.78, 5) is 19.7. The average Bonchev–Trinajstić information content (AvgIpc) is 3.70. The minimum atomic E-state index is -0.119. The van der Waals surface area contributed by atoms with E-state index in [-0.39, 0.29) is 18.4 Å². The number of H-pyrrole nitrogens is 1. The summed E-state index contributed by atoms with van der Waals surface area (Å²) in [5, 5.41) is 15.8. The van der Waals surface area contributed by atoms with E-state index in [1.54, 1.807) is 11.3 Å². The number of thiophene rings is 1. The van der Waals surface area contributed by atoms with Crippen LogP contribution in [0.1, 0.15) is 41.2 Å². The zero-order chi connectivity index (χ0) is 25.9. The molecule has 194 valence electrons. The standard InChI is InChI=1S/C28H28N6O3S/c1-2-24(27-30-31-32-34(27)11-10-19-7-4-3-5-8-19)33(17-22-9-6-12-38-22)16-21-13-20-14-25-26(37-18-36-25)15-23(20)29-28(21)35/h3-9,12-15,24H,2,10-11,16-18H2,1H3,(H,29,35)/t24-/m0/s1. The predicted octanol–water partition coefficient (Wildman–Crippen LogP) is 4.70. The van der Waals surface area contributed by atoms with Crippen molar-refractivity contribution < 1.29 is 9.47 Å². The first kappa shape index (κ1) is 24.3. The number of nitrogens with one attached hydrogen (secondary N) is 1. The highest BCUT2D eigenvalue weighted by Gasteiger charge is 2.26. The Morgan fingerprint density at radius 2 is 1.92 bits per heavy atom. The van der Waals surface area contributed by atoms with Gasteiger partial charge in [-0.1, -0.05) is 43.3 Å². The minimum Gasteiger partial charge on any atom is -0.454 e. The van der Waals surface area contributed by atoms with E-state index in [0.29, 0.717) is 36.7 Å². The molecule has 2 aromatic carbocycles. The molecule has 0 unspecified atom stereocenters. The topological polar surface area (TPSA) is 98.2 Å². The molecular formula is C28H28N6O3S. The maximum Gasteiger partial charge on any atom is 0.252 e. The first-order valence-electron chi connectivity index (χ1n) is 12.7. The Balaban J connectivity index is 1.32. The van der Waals surface area contributed by atoms with Crippen LogP contribution in [0.3, 0.4) is 0 Å². The third-order valence-electron chi connectivity index (χ3n) is 6.87. The molecule has 0 aliphatic carbocycles. The van der Waals surface area contributed by atoms with Crippen molar-refractivity contribution >= 4 is 22.2 Å². The van der Waals surface area contributed by atoms with Gasteiger partial charge in [0.25, 0.3) is 5.56 Å². The van der Waals surface area contributed by atoms with Crippen molar-refractivity contribution in [1.82, 2.24) is 30.1 Å². The maximum absolute atomic E-state index is 13.2. The molecule has 38 heavy (non-hydrogen) atoms. The number of rotatable bonds is 10. The van der Waals surface area contributed by atoms with Gasteiger partial charge in [-0.25, -0.2) is 4.68 Å². The summed E-state index contributed by atoms with van der Waals surface area (Å²) in [5.74, 6) is 2.14. The van der Waals surface area contributed by atoms with Gasteiger partial charge in [0.1, 0.15) is 0 Å². The molecule has 6 rings (SSSR count). The second-order valence-corrected chi connectivity index (χ2v) is 10.4. The van der Waals surface area contributed by atoms with Gasteiger partial charge in [0, 0.05) is 41.5 Å². The fourth-order valence-corrected chi connectivity index (χ4v) is 5.68. The van der Waals surface area contributed by atoms with Gasteiger partial charge < -0.3 is 14.5 Å². The lowest BCUT2D eigenvalue weighted by molar-refractivity contribution is 0.162. The van der Waals surface area contributed by atoms with E-state index in [9.17, 15) is 4.79 Å². The van der Waals surface area contributed by atoms with Crippen molar-refractivity contribution in [2.45, 2.75) is 45.4 Å². The van der Waals surface area contributed by atoms with Crippen LogP contribution >= 0.6 is 11.3 Å². The molecule has 1 N–H and O–H groups in total. The fourth-order valence-electron chi connectivity index (χ4n) is 4.95. The molecule has 0 saturated carbocycles. The zero-order valence-corrected chi connectivity index (χ0v) is 21.9. The molecule has 4 heterocycles. The van der Waals surface area contributed by atoms with Crippen molar-refractivity contribution in [2.24, 2.45) is 0 Å². The van der Waals surface area contributed by atoms with Gasteiger partial charge in [0.2, 0.25) is 6.79 Å². The zero-order valence-electron chi connectivity index (χ0n) is 21.0. The summed E-state index contributed by atoms with van der Waals surface area (Å²) >= 11 is 1.70. The molecule has 0 radical (unpaired) electrons. The Labute approximate surface area is 223 Å². The second kappa shape index (κ2) is 10.8. The number of tetrazole rings is 1. The number of pyridine rings is 1. The molecule has 1 aliphatic heterocycles. The van der Waals surface area contributed by atoms with Crippen LogP contribution in [0.15, 0.2) is 70.8 Å². The van der Waals surface area contributed by atoms with E-state index < -0.39 is 0 Å². The second-order valence-electron chi connectivity index (χ2n) is 9.32. The molecule has 0 spiro atoms. The number of aromatic nitrogens is 5. The SMILES string of the molecule is CC[C@@H](c1nnnn1CCc1ccccc1)N(Cc1cccs1)Cc1cc2cc3c(cc2[nH]c1=O)OCO3. The Hall–Kier alpha value is -4.02.